The first kappa shape index (κ1) is 16.7. The van der Waals surface area contributed by atoms with Gasteiger partial charge < -0.3 is 15.8 Å². The highest BCUT2D eigenvalue weighted by Crippen LogP contribution is 2.32. The Morgan fingerprint density at radius 2 is 2.14 bits per heavy atom. The smallest absolute Gasteiger partial charge is 0.387 e. The van der Waals surface area contributed by atoms with Gasteiger partial charge >= 0.3 is 6.61 Å². The summed E-state index contributed by atoms with van der Waals surface area (Å²) in [6.45, 7) is 0.959. The van der Waals surface area contributed by atoms with Crippen molar-refractivity contribution in [1.29, 1.82) is 0 Å². The largest absolute Gasteiger partial charge is 0.435 e. The maximum atomic E-state index is 12.3. The van der Waals surface area contributed by atoms with Crippen LogP contribution in [0.3, 0.4) is 0 Å². The number of ether oxygens (including phenoxy) is 1. The minimum Gasteiger partial charge on any atom is -0.435 e. The van der Waals surface area contributed by atoms with E-state index in [1.54, 1.807) is 12.1 Å². The van der Waals surface area contributed by atoms with E-state index in [9.17, 15) is 13.6 Å². The summed E-state index contributed by atoms with van der Waals surface area (Å²) in [6.07, 6.45) is 2.49. The third-order valence-corrected chi connectivity index (χ3v) is 3.99. The summed E-state index contributed by atoms with van der Waals surface area (Å²) in [5, 5.41) is 2.96. The summed E-state index contributed by atoms with van der Waals surface area (Å²) < 4.78 is 29.0. The SMILES string of the molecule is CC(C)[C@H](N)C(=O)NC1CCCc2cc(OC(F)F)ccc21. The molecule has 3 N–H and O–H groups in total. The van der Waals surface area contributed by atoms with E-state index in [0.717, 1.165) is 30.4 Å². The third kappa shape index (κ3) is 3.94. The lowest BCUT2D eigenvalue weighted by Crippen LogP contribution is -2.45. The van der Waals surface area contributed by atoms with E-state index in [1.165, 1.54) is 6.07 Å². The molecule has 0 aromatic heterocycles. The van der Waals surface area contributed by atoms with E-state index < -0.39 is 12.7 Å². The van der Waals surface area contributed by atoms with Gasteiger partial charge in [-0.1, -0.05) is 19.9 Å². The van der Waals surface area contributed by atoms with Crippen LogP contribution in [0.1, 0.15) is 43.9 Å². The molecule has 22 heavy (non-hydrogen) atoms. The number of carbonyl (C=O) groups is 1. The summed E-state index contributed by atoms with van der Waals surface area (Å²) in [4.78, 5) is 12.1. The van der Waals surface area contributed by atoms with Crippen LogP contribution in [0.2, 0.25) is 0 Å². The van der Waals surface area contributed by atoms with Crippen LogP contribution >= 0.6 is 0 Å². The molecular formula is C16H22F2N2O2. The summed E-state index contributed by atoms with van der Waals surface area (Å²) in [5.41, 5.74) is 7.75. The average Bonchev–Trinajstić information content (AvgIpc) is 2.45. The molecule has 1 unspecified atom stereocenters. The van der Waals surface area contributed by atoms with Crippen molar-refractivity contribution in [3.63, 3.8) is 0 Å². The summed E-state index contributed by atoms with van der Waals surface area (Å²) >= 11 is 0. The van der Waals surface area contributed by atoms with Gasteiger partial charge in [-0.15, -0.1) is 0 Å². The van der Waals surface area contributed by atoms with E-state index >= 15 is 0 Å². The first-order valence-electron chi connectivity index (χ1n) is 7.52. The van der Waals surface area contributed by atoms with E-state index in [2.05, 4.69) is 10.1 Å². The fourth-order valence-electron chi connectivity index (χ4n) is 2.69. The van der Waals surface area contributed by atoms with Crippen molar-refractivity contribution in [2.75, 3.05) is 0 Å². The Labute approximate surface area is 129 Å². The van der Waals surface area contributed by atoms with Crippen molar-refractivity contribution in [1.82, 2.24) is 5.32 Å². The highest BCUT2D eigenvalue weighted by Gasteiger charge is 2.25. The Hall–Kier alpha value is -1.69. The fraction of sp³-hybridized carbons (Fsp3) is 0.562. The second kappa shape index (κ2) is 7.05. The summed E-state index contributed by atoms with van der Waals surface area (Å²) in [7, 11) is 0. The standard InChI is InChI=1S/C16H22F2N2O2/c1-9(2)14(19)15(21)20-13-5-3-4-10-8-11(22-16(17)18)6-7-12(10)13/h6-9,13-14,16H,3-5,19H2,1-2H3,(H,20,21)/t13?,14-/m0/s1. The normalized spacial score (nSPS) is 19.0. The second-order valence-electron chi connectivity index (χ2n) is 5.96. The van der Waals surface area contributed by atoms with Gasteiger partial charge in [0.1, 0.15) is 5.75 Å². The predicted octanol–water partition coefficient (Wildman–Crippen LogP) is 2.76. The van der Waals surface area contributed by atoms with Gasteiger partial charge in [-0.05, 0) is 48.4 Å². The molecule has 2 atom stereocenters. The topological polar surface area (TPSA) is 64.4 Å². The highest BCUT2D eigenvalue weighted by atomic mass is 19.3. The lowest BCUT2D eigenvalue weighted by molar-refractivity contribution is -0.124. The highest BCUT2D eigenvalue weighted by molar-refractivity contribution is 5.82. The Morgan fingerprint density at radius 1 is 1.41 bits per heavy atom. The van der Waals surface area contributed by atoms with Crippen LogP contribution in [0.4, 0.5) is 8.78 Å². The van der Waals surface area contributed by atoms with Crippen LogP contribution in [0.5, 0.6) is 5.75 Å². The lowest BCUT2D eigenvalue weighted by Gasteiger charge is -2.28. The zero-order valence-electron chi connectivity index (χ0n) is 12.8. The third-order valence-electron chi connectivity index (χ3n) is 3.99. The van der Waals surface area contributed by atoms with Crippen molar-refractivity contribution in [3.05, 3.63) is 29.3 Å². The van der Waals surface area contributed by atoms with Crippen molar-refractivity contribution >= 4 is 5.91 Å². The number of amides is 1. The zero-order valence-corrected chi connectivity index (χ0v) is 12.8. The number of hydrogen-bond acceptors (Lipinski definition) is 3. The van der Waals surface area contributed by atoms with Gasteiger partial charge in [-0.25, -0.2) is 0 Å². The van der Waals surface area contributed by atoms with Crippen LogP contribution in [0.15, 0.2) is 18.2 Å². The fourth-order valence-corrected chi connectivity index (χ4v) is 2.69. The van der Waals surface area contributed by atoms with E-state index in [0.29, 0.717) is 0 Å². The number of rotatable bonds is 5. The molecule has 122 valence electrons. The van der Waals surface area contributed by atoms with Gasteiger partial charge in [0.25, 0.3) is 0 Å². The summed E-state index contributed by atoms with van der Waals surface area (Å²) in [6, 6.07) is 4.21. The van der Waals surface area contributed by atoms with E-state index in [-0.39, 0.29) is 23.6 Å². The van der Waals surface area contributed by atoms with Crippen molar-refractivity contribution in [3.8, 4) is 5.75 Å². The van der Waals surface area contributed by atoms with E-state index in [1.807, 2.05) is 13.8 Å². The minimum absolute atomic E-state index is 0.0601. The van der Waals surface area contributed by atoms with Crippen LogP contribution in [0, 0.1) is 5.92 Å². The second-order valence-corrected chi connectivity index (χ2v) is 5.96. The van der Waals surface area contributed by atoms with Gasteiger partial charge in [0.05, 0.1) is 12.1 Å². The molecule has 1 aromatic rings. The molecule has 2 rings (SSSR count). The van der Waals surface area contributed by atoms with Crippen LogP contribution in [-0.4, -0.2) is 18.6 Å². The van der Waals surface area contributed by atoms with Crippen LogP contribution in [-0.2, 0) is 11.2 Å². The number of halogens is 2. The molecule has 6 heteroatoms. The Morgan fingerprint density at radius 3 is 2.77 bits per heavy atom. The molecule has 0 radical (unpaired) electrons. The van der Waals surface area contributed by atoms with Gasteiger partial charge in [0, 0.05) is 0 Å². The number of fused-ring (bicyclic) bond motifs is 1. The molecule has 0 heterocycles. The minimum atomic E-state index is -2.83. The Balaban J connectivity index is 2.13. The molecule has 0 saturated heterocycles. The number of nitrogens with two attached hydrogens (primary N) is 1. The zero-order chi connectivity index (χ0) is 16.3. The molecular weight excluding hydrogens is 290 g/mol. The van der Waals surface area contributed by atoms with Gasteiger partial charge in [-0.3, -0.25) is 4.79 Å². The van der Waals surface area contributed by atoms with Crippen LogP contribution < -0.4 is 15.8 Å². The summed E-state index contributed by atoms with van der Waals surface area (Å²) in [5.74, 6) is 0.0326. The van der Waals surface area contributed by atoms with Crippen molar-refractivity contribution in [2.45, 2.75) is 51.8 Å². The number of benzene rings is 1. The molecule has 4 nitrogen and oxygen atoms in total. The number of nitrogens with one attached hydrogen (secondary N) is 1. The molecule has 1 aliphatic rings. The molecule has 0 saturated carbocycles. The first-order valence-corrected chi connectivity index (χ1v) is 7.52. The molecule has 1 aromatic carbocycles. The van der Waals surface area contributed by atoms with Crippen molar-refractivity contribution in [2.24, 2.45) is 11.7 Å². The maximum absolute atomic E-state index is 12.3. The molecule has 0 bridgehead atoms. The molecule has 0 fully saturated rings. The predicted molar refractivity (Wildman–Crippen MR) is 79.7 cm³/mol. The monoisotopic (exact) mass is 312 g/mol. The van der Waals surface area contributed by atoms with Gasteiger partial charge in [-0.2, -0.15) is 8.78 Å². The number of alkyl halides is 2. The average molecular weight is 312 g/mol. The van der Waals surface area contributed by atoms with Gasteiger partial charge in [0.2, 0.25) is 5.91 Å². The number of aryl methyl sites for hydroxylation is 1. The Kier molecular flexibility index (Phi) is 5.34. The lowest BCUT2D eigenvalue weighted by atomic mass is 9.87. The maximum Gasteiger partial charge on any atom is 0.387 e. The number of carbonyl (C=O) groups excluding carboxylic acids is 1. The van der Waals surface area contributed by atoms with Crippen LogP contribution in [0.25, 0.3) is 0 Å². The Bertz CT molecular complexity index is 535. The number of hydrogen-bond donors (Lipinski definition) is 2. The van der Waals surface area contributed by atoms with Crippen molar-refractivity contribution < 1.29 is 18.3 Å². The molecule has 1 amide bonds. The quantitative estimate of drug-likeness (QED) is 0.878. The molecule has 0 spiro atoms. The molecule has 1 aliphatic carbocycles. The van der Waals surface area contributed by atoms with Gasteiger partial charge in [0.15, 0.2) is 0 Å². The molecule has 0 aliphatic heterocycles. The van der Waals surface area contributed by atoms with E-state index in [4.69, 9.17) is 5.73 Å². The first-order chi connectivity index (χ1) is 10.4.